The highest BCUT2D eigenvalue weighted by atomic mass is 35.5. The molecule has 0 atom stereocenters. The number of carboxylic acids is 1. The zero-order valence-corrected chi connectivity index (χ0v) is 17.8. The minimum atomic E-state index is -1.01. The standard InChI is InChI=1S/C18H20ClN7O3.ClH/c1-3-25-10-7-5-6-9(18(28)29)13(10)26(4-2)11(25)8-22-17(27)12-15(20)24-16(21)14(19)23-12;/h5-7H,3-4,8H2,1-2H3,(H5-,20,21,22,24,27,28,29);1H. The van der Waals surface area contributed by atoms with E-state index in [-0.39, 0.29) is 47.0 Å². The third-order valence-electron chi connectivity index (χ3n) is 4.59. The lowest BCUT2D eigenvalue weighted by Gasteiger charge is -2.08. The second-order valence-electron chi connectivity index (χ2n) is 6.20. The van der Waals surface area contributed by atoms with Crippen LogP contribution < -0.4 is 33.8 Å². The van der Waals surface area contributed by atoms with Crippen LogP contribution in [-0.2, 0) is 19.6 Å². The summed E-state index contributed by atoms with van der Waals surface area (Å²) in [4.78, 5) is 32.0. The van der Waals surface area contributed by atoms with E-state index >= 15 is 0 Å². The molecule has 0 unspecified atom stereocenters. The quantitative estimate of drug-likeness (QED) is 0.321. The molecule has 3 aromatic rings. The van der Waals surface area contributed by atoms with Crippen molar-refractivity contribution in [1.29, 1.82) is 0 Å². The van der Waals surface area contributed by atoms with Crippen molar-refractivity contribution in [1.82, 2.24) is 19.9 Å². The van der Waals surface area contributed by atoms with Crippen molar-refractivity contribution < 1.29 is 31.7 Å². The molecular weight excluding hydrogens is 433 g/mol. The number of aromatic carboxylic acids is 1. The molecule has 0 radical (unpaired) electrons. The number of benzene rings is 1. The van der Waals surface area contributed by atoms with Crippen LogP contribution in [0.5, 0.6) is 0 Å². The molecule has 160 valence electrons. The molecule has 30 heavy (non-hydrogen) atoms. The van der Waals surface area contributed by atoms with E-state index < -0.39 is 11.9 Å². The van der Waals surface area contributed by atoms with E-state index in [2.05, 4.69) is 15.3 Å². The van der Waals surface area contributed by atoms with Gasteiger partial charge < -0.3 is 34.3 Å². The van der Waals surface area contributed by atoms with E-state index in [1.54, 1.807) is 12.1 Å². The molecule has 10 nitrogen and oxygen atoms in total. The number of rotatable bonds is 6. The largest absolute Gasteiger partial charge is 1.00 e. The maximum Gasteiger partial charge on any atom is 0.340 e. The maximum atomic E-state index is 12.6. The second-order valence-corrected chi connectivity index (χ2v) is 6.56. The Hall–Kier alpha value is -3.11. The van der Waals surface area contributed by atoms with Gasteiger partial charge in [-0.2, -0.15) is 0 Å². The van der Waals surface area contributed by atoms with Crippen LogP contribution in [0.25, 0.3) is 11.0 Å². The number of anilines is 2. The van der Waals surface area contributed by atoms with Crippen molar-refractivity contribution in [2.24, 2.45) is 0 Å². The van der Waals surface area contributed by atoms with E-state index in [4.69, 9.17) is 23.1 Å². The van der Waals surface area contributed by atoms with E-state index in [0.29, 0.717) is 18.6 Å². The Morgan fingerprint density at radius 2 is 1.93 bits per heavy atom. The first-order valence-electron chi connectivity index (χ1n) is 8.93. The second kappa shape index (κ2) is 9.14. The lowest BCUT2D eigenvalue weighted by atomic mass is 10.2. The van der Waals surface area contributed by atoms with Crippen molar-refractivity contribution in [3.05, 3.63) is 40.4 Å². The first-order valence-corrected chi connectivity index (χ1v) is 9.31. The average molecular weight is 454 g/mol. The van der Waals surface area contributed by atoms with Gasteiger partial charge in [-0.1, -0.05) is 17.7 Å². The van der Waals surface area contributed by atoms with Crippen LogP contribution in [-0.4, -0.2) is 31.5 Å². The Morgan fingerprint density at radius 1 is 1.23 bits per heavy atom. The lowest BCUT2D eigenvalue weighted by Crippen LogP contribution is -3.00. The van der Waals surface area contributed by atoms with Gasteiger partial charge in [-0.25, -0.2) is 23.9 Å². The minimum Gasteiger partial charge on any atom is -1.00 e. The summed E-state index contributed by atoms with van der Waals surface area (Å²) in [6.07, 6.45) is 0. The Morgan fingerprint density at radius 3 is 2.53 bits per heavy atom. The van der Waals surface area contributed by atoms with Gasteiger partial charge in [0, 0.05) is 0 Å². The summed E-state index contributed by atoms with van der Waals surface area (Å²) in [6, 6.07) is 5.12. The van der Waals surface area contributed by atoms with E-state index in [1.165, 1.54) is 0 Å². The number of hydrogen-bond donors (Lipinski definition) is 4. The number of fused-ring (bicyclic) bond motifs is 1. The van der Waals surface area contributed by atoms with Crippen LogP contribution in [0.15, 0.2) is 18.2 Å². The van der Waals surface area contributed by atoms with Gasteiger partial charge in [0.1, 0.15) is 12.1 Å². The number of hydrogen-bond acceptors (Lipinski definition) is 6. The topological polar surface area (TPSA) is 153 Å². The first kappa shape index (κ1) is 23.2. The fourth-order valence-electron chi connectivity index (χ4n) is 3.36. The van der Waals surface area contributed by atoms with Crippen molar-refractivity contribution in [2.75, 3.05) is 11.5 Å². The van der Waals surface area contributed by atoms with Crippen LogP contribution in [0.2, 0.25) is 5.15 Å². The number of imidazole rings is 1. The molecule has 0 saturated carbocycles. The van der Waals surface area contributed by atoms with E-state index in [0.717, 1.165) is 11.3 Å². The number of nitrogen functional groups attached to an aromatic ring is 2. The fraction of sp³-hybridized carbons (Fsp3) is 0.278. The molecule has 0 saturated heterocycles. The zero-order valence-electron chi connectivity index (χ0n) is 16.3. The number of carboxylic acid groups (broad SMARTS) is 1. The van der Waals surface area contributed by atoms with Crippen LogP contribution in [0.3, 0.4) is 0 Å². The molecule has 0 aliphatic heterocycles. The fourth-order valence-corrected chi connectivity index (χ4v) is 3.48. The zero-order chi connectivity index (χ0) is 21.3. The number of nitrogens with two attached hydrogens (primary N) is 2. The van der Waals surface area contributed by atoms with Gasteiger partial charge in [0.05, 0.1) is 13.1 Å². The third-order valence-corrected chi connectivity index (χ3v) is 4.87. The van der Waals surface area contributed by atoms with Gasteiger partial charge in [0.25, 0.3) is 11.7 Å². The van der Waals surface area contributed by atoms with Gasteiger partial charge in [-0.3, -0.25) is 4.79 Å². The molecule has 0 spiro atoms. The summed E-state index contributed by atoms with van der Waals surface area (Å²) in [5, 5.41) is 12.2. The molecule has 2 heterocycles. The highest BCUT2D eigenvalue weighted by Gasteiger charge is 2.28. The number of nitrogens with one attached hydrogen (secondary N) is 1. The highest BCUT2D eigenvalue weighted by molar-refractivity contribution is 6.31. The van der Waals surface area contributed by atoms with Gasteiger partial charge in [-0.15, -0.1) is 0 Å². The first-order chi connectivity index (χ1) is 13.8. The Kier molecular flexibility index (Phi) is 7.06. The van der Waals surface area contributed by atoms with Crippen LogP contribution in [0, 0.1) is 0 Å². The predicted molar refractivity (Wildman–Crippen MR) is 107 cm³/mol. The Balaban J connectivity index is 0.00000320. The summed E-state index contributed by atoms with van der Waals surface area (Å²) in [5.41, 5.74) is 12.7. The molecule has 0 aliphatic carbocycles. The number of carbonyl (C=O) groups is 2. The Bertz CT molecular complexity index is 1130. The summed E-state index contributed by atoms with van der Waals surface area (Å²) in [7, 11) is 0. The number of halogens is 2. The van der Waals surface area contributed by atoms with Gasteiger partial charge >= 0.3 is 5.97 Å². The number of aromatic nitrogens is 4. The number of aryl methyl sites for hydroxylation is 2. The van der Waals surface area contributed by atoms with Crippen molar-refractivity contribution in [2.45, 2.75) is 33.5 Å². The third kappa shape index (κ3) is 3.96. The Labute approximate surface area is 183 Å². The number of para-hydroxylation sites is 1. The van der Waals surface area contributed by atoms with Crippen molar-refractivity contribution in [3.63, 3.8) is 0 Å². The highest BCUT2D eigenvalue weighted by Crippen LogP contribution is 2.20. The van der Waals surface area contributed by atoms with Crippen molar-refractivity contribution >= 4 is 46.1 Å². The average Bonchev–Trinajstić information content (AvgIpc) is 3.01. The lowest BCUT2D eigenvalue weighted by molar-refractivity contribution is -0.676. The summed E-state index contributed by atoms with van der Waals surface area (Å²) in [6.45, 7) is 5.09. The van der Waals surface area contributed by atoms with Gasteiger partial charge in [0.15, 0.2) is 33.5 Å². The summed E-state index contributed by atoms with van der Waals surface area (Å²) >= 11 is 5.84. The molecular formula is C18H21Cl2N7O3. The molecule has 12 heteroatoms. The van der Waals surface area contributed by atoms with E-state index in [9.17, 15) is 14.7 Å². The number of nitrogens with zero attached hydrogens (tertiary/aromatic N) is 4. The summed E-state index contributed by atoms with van der Waals surface area (Å²) < 4.78 is 3.82. The predicted octanol–water partition coefficient (Wildman–Crippen LogP) is -1.79. The SMILES string of the molecule is CCn1c(CNC(=O)c2nc(Cl)c(N)nc2N)[n+](CC)c2c(C(=O)O)cccc21.[Cl-]. The molecule has 0 aliphatic rings. The van der Waals surface area contributed by atoms with Crippen molar-refractivity contribution in [3.8, 4) is 0 Å². The summed E-state index contributed by atoms with van der Waals surface area (Å²) in [5.74, 6) is -1.03. The van der Waals surface area contributed by atoms with Crippen LogP contribution >= 0.6 is 11.6 Å². The van der Waals surface area contributed by atoms with Gasteiger partial charge in [0.2, 0.25) is 0 Å². The normalized spacial score (nSPS) is 10.6. The van der Waals surface area contributed by atoms with Gasteiger partial charge in [-0.05, 0) is 26.0 Å². The number of carbonyl (C=O) groups excluding carboxylic acids is 1. The minimum absolute atomic E-state index is 0. The monoisotopic (exact) mass is 453 g/mol. The molecule has 0 fully saturated rings. The molecule has 6 N–H and O–H groups in total. The molecule has 1 aromatic carbocycles. The molecule has 3 rings (SSSR count). The number of amides is 1. The van der Waals surface area contributed by atoms with E-state index in [1.807, 2.05) is 29.0 Å². The molecule has 1 amide bonds. The smallest absolute Gasteiger partial charge is 0.340 e. The van der Waals surface area contributed by atoms with Crippen LogP contribution in [0.4, 0.5) is 11.6 Å². The molecule has 2 aromatic heterocycles. The molecule has 0 bridgehead atoms. The maximum absolute atomic E-state index is 12.6. The van der Waals surface area contributed by atoms with Crippen LogP contribution in [0.1, 0.15) is 40.5 Å².